The van der Waals surface area contributed by atoms with Crippen LogP contribution in [0.25, 0.3) is 0 Å². The number of nitrogens with one attached hydrogen (secondary N) is 1. The van der Waals surface area contributed by atoms with E-state index in [1.165, 1.54) is 19.8 Å². The van der Waals surface area contributed by atoms with Crippen LogP contribution in [0.2, 0.25) is 10.0 Å². The van der Waals surface area contributed by atoms with Crippen LogP contribution >= 0.6 is 39.1 Å². The van der Waals surface area contributed by atoms with Crippen LogP contribution in [-0.2, 0) is 20.8 Å². The number of anilines is 3. The highest BCUT2D eigenvalue weighted by atomic mass is 79.9. The summed E-state index contributed by atoms with van der Waals surface area (Å²) in [5.74, 6) is -0.662. The predicted molar refractivity (Wildman–Crippen MR) is 165 cm³/mol. The molecule has 0 unspecified atom stereocenters. The first-order chi connectivity index (χ1) is 19.2. The van der Waals surface area contributed by atoms with E-state index in [0.29, 0.717) is 51.8 Å². The van der Waals surface area contributed by atoms with Crippen LogP contribution in [0.4, 0.5) is 17.1 Å². The maximum atomic E-state index is 12.3. The van der Waals surface area contributed by atoms with E-state index < -0.39 is 0 Å². The van der Waals surface area contributed by atoms with Gasteiger partial charge in [0.05, 0.1) is 40.2 Å². The standard InChI is InChI=1S/C18H25BrN2O4.C12H9Cl2N/c1-13(22)24-8-4-5-9-25-18(23)14-10-15(17(20)16(19)11-14)12-21-6-2-3-7-21;13-10-7-4-8-11(14)12(10)15-9-5-2-1-3-6-9/h10-11H,2-9,12,20H2,1H3;1-8,15H. The molecule has 1 aliphatic rings. The first-order valence-corrected chi connectivity index (χ1v) is 14.7. The second-order valence-electron chi connectivity index (χ2n) is 9.28. The van der Waals surface area contributed by atoms with E-state index in [-0.39, 0.29) is 11.9 Å². The number of unbranched alkanes of at least 4 members (excludes halogenated alkanes) is 1. The highest BCUT2D eigenvalue weighted by Gasteiger charge is 2.17. The van der Waals surface area contributed by atoms with Gasteiger partial charge in [-0.1, -0.05) is 47.5 Å². The molecular formula is C30H34BrCl2N3O4. The topological polar surface area (TPSA) is 93.9 Å². The summed E-state index contributed by atoms with van der Waals surface area (Å²) in [5.41, 5.74) is 9.96. The second-order valence-corrected chi connectivity index (χ2v) is 11.0. The minimum Gasteiger partial charge on any atom is -0.466 e. The summed E-state index contributed by atoms with van der Waals surface area (Å²) < 4.78 is 10.9. The number of nitrogens with zero attached hydrogens (tertiary/aromatic N) is 1. The van der Waals surface area contributed by atoms with Crippen molar-refractivity contribution in [2.45, 2.75) is 39.2 Å². The van der Waals surface area contributed by atoms with E-state index in [1.807, 2.05) is 42.5 Å². The monoisotopic (exact) mass is 649 g/mol. The van der Waals surface area contributed by atoms with Crippen LogP contribution in [0, 0.1) is 0 Å². The highest BCUT2D eigenvalue weighted by Crippen LogP contribution is 2.32. The van der Waals surface area contributed by atoms with Crippen molar-refractivity contribution in [3.63, 3.8) is 0 Å². The SMILES string of the molecule is CC(=O)OCCCCOC(=O)c1cc(Br)c(N)c(CN2CCCC2)c1.Clc1cccc(Cl)c1Nc1ccccc1. The Kier molecular flexibility index (Phi) is 13.1. The van der Waals surface area contributed by atoms with Gasteiger partial charge in [0.15, 0.2) is 0 Å². The fourth-order valence-electron chi connectivity index (χ4n) is 4.06. The number of carbonyl (C=O) groups excluding carboxylic acids is 2. The van der Waals surface area contributed by atoms with Crippen LogP contribution in [-0.4, -0.2) is 43.1 Å². The van der Waals surface area contributed by atoms with Crippen molar-refractivity contribution in [3.8, 4) is 0 Å². The summed E-state index contributed by atoms with van der Waals surface area (Å²) in [6, 6.07) is 18.7. The number of hydrogen-bond acceptors (Lipinski definition) is 7. The molecule has 0 radical (unpaired) electrons. The zero-order chi connectivity index (χ0) is 28.9. The Hall–Kier alpha value is -2.78. The molecule has 3 N–H and O–H groups in total. The fraction of sp³-hybridized carbons (Fsp3) is 0.333. The zero-order valence-corrected chi connectivity index (χ0v) is 25.5. The van der Waals surface area contributed by atoms with Crippen LogP contribution in [0.1, 0.15) is 48.5 Å². The third kappa shape index (κ3) is 10.3. The Labute approximate surface area is 254 Å². The lowest BCUT2D eigenvalue weighted by Gasteiger charge is -2.17. The van der Waals surface area contributed by atoms with Crippen molar-refractivity contribution in [3.05, 3.63) is 86.3 Å². The maximum Gasteiger partial charge on any atom is 0.338 e. The molecule has 3 aromatic rings. The second kappa shape index (κ2) is 16.5. The highest BCUT2D eigenvalue weighted by molar-refractivity contribution is 9.10. The van der Waals surface area contributed by atoms with E-state index in [9.17, 15) is 9.59 Å². The first-order valence-electron chi connectivity index (χ1n) is 13.1. The van der Waals surface area contributed by atoms with Gasteiger partial charge in [0.1, 0.15) is 0 Å². The van der Waals surface area contributed by atoms with Gasteiger partial charge in [-0.3, -0.25) is 9.69 Å². The Bertz CT molecular complexity index is 1250. The number of ether oxygens (including phenoxy) is 2. The predicted octanol–water partition coefficient (Wildman–Crippen LogP) is 7.86. The molecule has 1 saturated heterocycles. The van der Waals surface area contributed by atoms with Crippen LogP contribution in [0.3, 0.4) is 0 Å². The Morgan fingerprint density at radius 2 is 1.57 bits per heavy atom. The van der Waals surface area contributed by atoms with Gasteiger partial charge in [-0.05, 0) is 96.7 Å². The van der Waals surface area contributed by atoms with Gasteiger partial charge in [-0.2, -0.15) is 0 Å². The molecule has 0 amide bonds. The molecule has 1 heterocycles. The van der Waals surface area contributed by atoms with Crippen molar-refractivity contribution in [2.75, 3.05) is 37.4 Å². The summed E-state index contributed by atoms with van der Waals surface area (Å²) in [7, 11) is 0. The average molecular weight is 651 g/mol. The summed E-state index contributed by atoms with van der Waals surface area (Å²) in [5, 5.41) is 4.41. The maximum absolute atomic E-state index is 12.3. The Balaban J connectivity index is 0.000000249. The van der Waals surface area contributed by atoms with Gasteiger partial charge in [0, 0.05) is 23.6 Å². The summed E-state index contributed by atoms with van der Waals surface area (Å²) >= 11 is 15.5. The number of nitrogen functional groups attached to an aromatic ring is 1. The van der Waals surface area contributed by atoms with Crippen LogP contribution < -0.4 is 11.1 Å². The number of benzene rings is 3. The van der Waals surface area contributed by atoms with E-state index in [2.05, 4.69) is 26.1 Å². The molecule has 4 rings (SSSR count). The van der Waals surface area contributed by atoms with Crippen molar-refractivity contribution in [1.29, 1.82) is 0 Å². The number of likely N-dealkylation sites (tertiary alicyclic amines) is 1. The number of carbonyl (C=O) groups is 2. The molecule has 0 saturated carbocycles. The molecule has 0 aromatic heterocycles. The third-order valence-electron chi connectivity index (χ3n) is 6.13. The minimum atomic E-state index is -0.365. The van der Waals surface area contributed by atoms with Gasteiger partial charge in [-0.15, -0.1) is 0 Å². The van der Waals surface area contributed by atoms with Crippen molar-refractivity contribution in [1.82, 2.24) is 4.90 Å². The first kappa shape index (κ1) is 31.7. The number of para-hydroxylation sites is 2. The van der Waals surface area contributed by atoms with Crippen molar-refractivity contribution in [2.24, 2.45) is 0 Å². The largest absolute Gasteiger partial charge is 0.466 e. The molecule has 0 aliphatic carbocycles. The molecule has 1 aliphatic heterocycles. The molecular weight excluding hydrogens is 617 g/mol. The normalized spacial score (nSPS) is 12.8. The number of esters is 2. The van der Waals surface area contributed by atoms with Crippen LogP contribution in [0.15, 0.2) is 65.1 Å². The summed E-state index contributed by atoms with van der Waals surface area (Å²) in [4.78, 5) is 25.3. The number of rotatable bonds is 10. The van der Waals surface area contributed by atoms with Crippen LogP contribution in [0.5, 0.6) is 0 Å². The van der Waals surface area contributed by atoms with Gasteiger partial charge in [0.25, 0.3) is 0 Å². The lowest BCUT2D eigenvalue weighted by molar-refractivity contribution is -0.141. The Morgan fingerprint density at radius 1 is 0.950 bits per heavy atom. The lowest BCUT2D eigenvalue weighted by atomic mass is 10.1. The van der Waals surface area contributed by atoms with Crippen molar-refractivity contribution >= 4 is 68.1 Å². The number of halogens is 3. The van der Waals surface area contributed by atoms with Gasteiger partial charge < -0.3 is 20.5 Å². The van der Waals surface area contributed by atoms with Gasteiger partial charge >= 0.3 is 11.9 Å². The molecule has 1 fully saturated rings. The van der Waals surface area contributed by atoms with E-state index in [0.717, 1.165) is 36.6 Å². The average Bonchev–Trinajstić information content (AvgIpc) is 3.45. The molecule has 3 aromatic carbocycles. The third-order valence-corrected chi connectivity index (χ3v) is 7.41. The lowest BCUT2D eigenvalue weighted by Crippen LogP contribution is -2.20. The van der Waals surface area contributed by atoms with Crippen molar-refractivity contribution < 1.29 is 19.1 Å². The zero-order valence-electron chi connectivity index (χ0n) is 22.4. The minimum absolute atomic E-state index is 0.295. The summed E-state index contributed by atoms with van der Waals surface area (Å²) in [6.07, 6.45) is 3.72. The quantitative estimate of drug-likeness (QED) is 0.131. The van der Waals surface area contributed by atoms with Gasteiger partial charge in [0.2, 0.25) is 0 Å². The fourth-order valence-corrected chi connectivity index (χ4v) is 5.05. The summed E-state index contributed by atoms with van der Waals surface area (Å²) in [6.45, 7) is 4.89. The molecule has 40 heavy (non-hydrogen) atoms. The molecule has 7 nitrogen and oxygen atoms in total. The van der Waals surface area contributed by atoms with Gasteiger partial charge in [-0.25, -0.2) is 4.79 Å². The molecule has 214 valence electrons. The number of nitrogens with two attached hydrogens (primary N) is 1. The van der Waals surface area contributed by atoms with E-state index in [4.69, 9.17) is 38.4 Å². The molecule has 0 spiro atoms. The van der Waals surface area contributed by atoms with E-state index in [1.54, 1.807) is 18.2 Å². The Morgan fingerprint density at radius 3 is 2.20 bits per heavy atom. The molecule has 0 bridgehead atoms. The number of hydrogen-bond donors (Lipinski definition) is 2. The smallest absolute Gasteiger partial charge is 0.338 e. The molecule has 0 atom stereocenters. The van der Waals surface area contributed by atoms with E-state index >= 15 is 0 Å². The molecule has 10 heteroatoms.